The van der Waals surface area contributed by atoms with Gasteiger partial charge in [-0.25, -0.2) is 0 Å². The summed E-state index contributed by atoms with van der Waals surface area (Å²) in [4.78, 5) is 13.3. The lowest BCUT2D eigenvalue weighted by Crippen LogP contribution is -2.33. The van der Waals surface area contributed by atoms with Crippen molar-refractivity contribution in [1.29, 1.82) is 0 Å². The number of piperidine rings is 1. The Labute approximate surface area is 95.0 Å². The molecular weight excluding hydrogens is 204 g/mol. The molecule has 1 aromatic rings. The highest BCUT2D eigenvalue weighted by Gasteiger charge is 2.17. The van der Waals surface area contributed by atoms with Crippen LogP contribution < -0.4 is 15.4 Å². The van der Waals surface area contributed by atoms with Crippen LogP contribution in [0.5, 0.6) is 5.75 Å². The molecule has 0 radical (unpaired) electrons. The molecule has 1 aromatic carbocycles. The molecule has 4 heteroatoms. The molecule has 1 aliphatic heterocycles. The molecule has 1 aliphatic rings. The van der Waals surface area contributed by atoms with Crippen LogP contribution >= 0.6 is 0 Å². The van der Waals surface area contributed by atoms with Crippen molar-refractivity contribution in [2.45, 2.75) is 12.8 Å². The normalized spacial score (nSPS) is 16.3. The molecule has 1 fully saturated rings. The largest absolute Gasteiger partial charge is 0.495 e. The fraction of sp³-hybridized carbons (Fsp3) is 0.417. The van der Waals surface area contributed by atoms with E-state index in [1.807, 2.05) is 18.2 Å². The summed E-state index contributed by atoms with van der Waals surface area (Å²) < 4.78 is 5.18. The van der Waals surface area contributed by atoms with Crippen LogP contribution in [0.25, 0.3) is 0 Å². The number of rotatable bonds is 2. The molecule has 0 bridgehead atoms. The molecule has 2 rings (SSSR count). The number of Topliss-reactive ketones (excluding diaryl/α,β-unsaturated/α-hetero) is 1. The number of ketones is 1. The van der Waals surface area contributed by atoms with E-state index < -0.39 is 0 Å². The van der Waals surface area contributed by atoms with Crippen molar-refractivity contribution in [3.05, 3.63) is 18.2 Å². The first-order valence-corrected chi connectivity index (χ1v) is 5.41. The molecule has 0 aliphatic carbocycles. The molecule has 16 heavy (non-hydrogen) atoms. The van der Waals surface area contributed by atoms with Gasteiger partial charge >= 0.3 is 0 Å². The Bertz CT molecular complexity index is 394. The molecule has 0 unspecified atom stereocenters. The number of nitrogen functional groups attached to an aromatic ring is 1. The Morgan fingerprint density at radius 2 is 2.00 bits per heavy atom. The summed E-state index contributed by atoms with van der Waals surface area (Å²) in [5.74, 6) is 1.04. The second-order valence-corrected chi connectivity index (χ2v) is 3.95. The average molecular weight is 220 g/mol. The number of anilines is 2. The Kier molecular flexibility index (Phi) is 2.99. The van der Waals surface area contributed by atoms with Gasteiger partial charge in [-0.1, -0.05) is 0 Å². The predicted molar refractivity (Wildman–Crippen MR) is 63.9 cm³/mol. The highest BCUT2D eigenvalue weighted by molar-refractivity contribution is 5.81. The number of benzene rings is 1. The summed E-state index contributed by atoms with van der Waals surface area (Å²) in [7, 11) is 1.61. The average Bonchev–Trinajstić information content (AvgIpc) is 2.31. The van der Waals surface area contributed by atoms with E-state index in [-0.39, 0.29) is 0 Å². The van der Waals surface area contributed by atoms with Crippen LogP contribution in [0.3, 0.4) is 0 Å². The van der Waals surface area contributed by atoms with Gasteiger partial charge in [0.15, 0.2) is 0 Å². The topological polar surface area (TPSA) is 55.6 Å². The molecule has 0 amide bonds. The first-order valence-electron chi connectivity index (χ1n) is 5.41. The van der Waals surface area contributed by atoms with Crippen LogP contribution in [0.15, 0.2) is 18.2 Å². The molecule has 1 saturated heterocycles. The molecular formula is C12H16N2O2. The fourth-order valence-electron chi connectivity index (χ4n) is 1.91. The number of carbonyl (C=O) groups is 1. The van der Waals surface area contributed by atoms with Crippen molar-refractivity contribution in [3.63, 3.8) is 0 Å². The van der Waals surface area contributed by atoms with Gasteiger partial charge < -0.3 is 15.4 Å². The van der Waals surface area contributed by atoms with Crippen molar-refractivity contribution >= 4 is 17.2 Å². The minimum atomic E-state index is 0.346. The summed E-state index contributed by atoms with van der Waals surface area (Å²) in [5, 5.41) is 0. The molecule has 0 aromatic heterocycles. The van der Waals surface area contributed by atoms with Crippen molar-refractivity contribution in [2.24, 2.45) is 0 Å². The summed E-state index contributed by atoms with van der Waals surface area (Å²) >= 11 is 0. The second-order valence-electron chi connectivity index (χ2n) is 3.95. The lowest BCUT2D eigenvalue weighted by atomic mass is 10.1. The zero-order chi connectivity index (χ0) is 11.5. The molecule has 0 spiro atoms. The van der Waals surface area contributed by atoms with E-state index in [9.17, 15) is 4.79 Å². The smallest absolute Gasteiger partial charge is 0.143 e. The third-order valence-corrected chi connectivity index (χ3v) is 2.90. The van der Waals surface area contributed by atoms with Gasteiger partial charge in [-0.3, -0.25) is 4.79 Å². The first kappa shape index (κ1) is 10.8. The Balaban J connectivity index is 2.17. The molecule has 1 heterocycles. The monoisotopic (exact) mass is 220 g/mol. The lowest BCUT2D eigenvalue weighted by Gasteiger charge is -2.28. The number of ether oxygens (including phenoxy) is 1. The molecule has 0 saturated carbocycles. The van der Waals surface area contributed by atoms with E-state index >= 15 is 0 Å². The van der Waals surface area contributed by atoms with Crippen LogP contribution in [0.2, 0.25) is 0 Å². The van der Waals surface area contributed by atoms with Gasteiger partial charge in [-0.15, -0.1) is 0 Å². The minimum Gasteiger partial charge on any atom is -0.495 e. The van der Waals surface area contributed by atoms with Crippen LogP contribution in [-0.2, 0) is 4.79 Å². The van der Waals surface area contributed by atoms with Crippen LogP contribution in [0, 0.1) is 0 Å². The molecule has 4 nitrogen and oxygen atoms in total. The third-order valence-electron chi connectivity index (χ3n) is 2.90. The Morgan fingerprint density at radius 3 is 2.62 bits per heavy atom. The van der Waals surface area contributed by atoms with Gasteiger partial charge in [0.1, 0.15) is 11.5 Å². The number of nitrogens with zero attached hydrogens (tertiary/aromatic N) is 1. The van der Waals surface area contributed by atoms with E-state index in [0.29, 0.717) is 30.1 Å². The Hall–Kier alpha value is -1.71. The summed E-state index contributed by atoms with van der Waals surface area (Å²) in [6.45, 7) is 1.57. The van der Waals surface area contributed by atoms with Gasteiger partial charge in [0, 0.05) is 37.7 Å². The van der Waals surface area contributed by atoms with Crippen molar-refractivity contribution in [2.75, 3.05) is 30.8 Å². The maximum atomic E-state index is 11.1. The molecule has 0 atom stereocenters. The van der Waals surface area contributed by atoms with Gasteiger partial charge in [0.25, 0.3) is 0 Å². The predicted octanol–water partition coefficient (Wildman–Crippen LogP) is 1.45. The number of nitrogens with two attached hydrogens (primary N) is 1. The van der Waals surface area contributed by atoms with Crippen LogP contribution in [0.1, 0.15) is 12.8 Å². The van der Waals surface area contributed by atoms with E-state index in [1.54, 1.807) is 7.11 Å². The van der Waals surface area contributed by atoms with E-state index in [4.69, 9.17) is 10.5 Å². The zero-order valence-corrected chi connectivity index (χ0v) is 9.40. The van der Waals surface area contributed by atoms with Gasteiger partial charge in [0.05, 0.1) is 12.8 Å². The summed E-state index contributed by atoms with van der Waals surface area (Å²) in [6, 6.07) is 5.73. The van der Waals surface area contributed by atoms with Crippen molar-refractivity contribution in [1.82, 2.24) is 0 Å². The number of hydrogen-bond donors (Lipinski definition) is 1. The molecule has 86 valence electrons. The van der Waals surface area contributed by atoms with E-state index in [0.717, 1.165) is 18.8 Å². The minimum absolute atomic E-state index is 0.346. The summed E-state index contributed by atoms with van der Waals surface area (Å²) in [6.07, 6.45) is 1.26. The van der Waals surface area contributed by atoms with Crippen LogP contribution in [-0.4, -0.2) is 26.0 Å². The fourth-order valence-corrected chi connectivity index (χ4v) is 1.91. The SMILES string of the molecule is COc1cc(N2CCC(=O)CC2)ccc1N. The quantitative estimate of drug-likeness (QED) is 0.766. The highest BCUT2D eigenvalue weighted by atomic mass is 16.5. The zero-order valence-electron chi connectivity index (χ0n) is 9.40. The first-order chi connectivity index (χ1) is 7.70. The van der Waals surface area contributed by atoms with E-state index in [1.165, 1.54) is 0 Å². The number of hydrogen-bond acceptors (Lipinski definition) is 4. The standard InChI is InChI=1S/C12H16N2O2/c1-16-12-8-9(2-3-11(12)13)14-6-4-10(15)5-7-14/h2-3,8H,4-7,13H2,1H3. The summed E-state index contributed by atoms with van der Waals surface area (Å²) in [5.41, 5.74) is 7.46. The Morgan fingerprint density at radius 1 is 1.31 bits per heavy atom. The van der Waals surface area contributed by atoms with Gasteiger partial charge in [-0.2, -0.15) is 0 Å². The third kappa shape index (κ3) is 2.10. The maximum absolute atomic E-state index is 11.1. The maximum Gasteiger partial charge on any atom is 0.143 e. The van der Waals surface area contributed by atoms with Crippen molar-refractivity contribution < 1.29 is 9.53 Å². The second kappa shape index (κ2) is 4.43. The molecule has 2 N–H and O–H groups in total. The van der Waals surface area contributed by atoms with Gasteiger partial charge in [0.2, 0.25) is 0 Å². The van der Waals surface area contributed by atoms with E-state index in [2.05, 4.69) is 4.90 Å². The number of methoxy groups -OCH3 is 1. The highest BCUT2D eigenvalue weighted by Crippen LogP contribution is 2.28. The van der Waals surface area contributed by atoms with Gasteiger partial charge in [-0.05, 0) is 12.1 Å². The van der Waals surface area contributed by atoms with Crippen molar-refractivity contribution in [3.8, 4) is 5.75 Å². The number of carbonyl (C=O) groups excluding carboxylic acids is 1. The lowest BCUT2D eigenvalue weighted by molar-refractivity contribution is -0.119. The van der Waals surface area contributed by atoms with Crippen LogP contribution in [0.4, 0.5) is 11.4 Å².